The van der Waals surface area contributed by atoms with Crippen LogP contribution in [0, 0.1) is 5.41 Å². The molecule has 1 aliphatic carbocycles. The fraction of sp³-hybridized carbons (Fsp3) is 0.933. The van der Waals surface area contributed by atoms with Gasteiger partial charge in [0, 0.05) is 24.8 Å². The monoisotopic (exact) mass is 315 g/mol. The molecule has 0 aromatic carbocycles. The Balaban J connectivity index is 1.97. The minimum absolute atomic E-state index is 0.368. The van der Waals surface area contributed by atoms with E-state index in [1.54, 1.807) is 0 Å². The molecule has 1 saturated heterocycles. The van der Waals surface area contributed by atoms with Crippen molar-refractivity contribution in [2.75, 3.05) is 18.4 Å². The average molecular weight is 316 g/mol. The van der Waals surface area contributed by atoms with Gasteiger partial charge in [-0.2, -0.15) is 0 Å². The number of amides is 1. The van der Waals surface area contributed by atoms with E-state index in [4.69, 9.17) is 0 Å². The molecule has 0 bridgehead atoms. The van der Waals surface area contributed by atoms with Gasteiger partial charge in [0.05, 0.1) is 0 Å². The lowest BCUT2D eigenvalue weighted by Crippen LogP contribution is -2.44. The van der Waals surface area contributed by atoms with Crippen LogP contribution in [0.5, 0.6) is 0 Å². The molecule has 1 saturated carbocycles. The second kappa shape index (κ2) is 6.93. The largest absolute Gasteiger partial charge is 0.342 e. The van der Waals surface area contributed by atoms with Gasteiger partial charge < -0.3 is 4.90 Å². The van der Waals surface area contributed by atoms with Crippen molar-refractivity contribution in [1.82, 2.24) is 4.90 Å². The summed E-state index contributed by atoms with van der Waals surface area (Å²) in [7, 11) is 0. The molecular formula is C15H26BrNO. The van der Waals surface area contributed by atoms with Crippen LogP contribution in [0.15, 0.2) is 0 Å². The Labute approximate surface area is 120 Å². The average Bonchev–Trinajstić information content (AvgIpc) is 2.40. The number of hydrogen-bond acceptors (Lipinski definition) is 1. The van der Waals surface area contributed by atoms with Gasteiger partial charge in [-0.15, -0.1) is 0 Å². The number of carbonyl (C=O) groups is 1. The third-order valence-corrected chi connectivity index (χ3v) is 5.83. The molecule has 3 heteroatoms. The smallest absolute Gasteiger partial charge is 0.222 e. The van der Waals surface area contributed by atoms with Crippen molar-refractivity contribution in [3.05, 3.63) is 0 Å². The Morgan fingerprint density at radius 2 is 1.67 bits per heavy atom. The first kappa shape index (κ1) is 14.4. The molecule has 0 atom stereocenters. The first-order valence-electron chi connectivity index (χ1n) is 7.60. The van der Waals surface area contributed by atoms with E-state index in [-0.39, 0.29) is 0 Å². The van der Waals surface area contributed by atoms with E-state index in [1.165, 1.54) is 51.4 Å². The van der Waals surface area contributed by atoms with E-state index in [1.807, 2.05) is 0 Å². The van der Waals surface area contributed by atoms with E-state index in [0.29, 0.717) is 11.3 Å². The van der Waals surface area contributed by atoms with Gasteiger partial charge in [0.2, 0.25) is 5.91 Å². The van der Waals surface area contributed by atoms with Crippen LogP contribution in [-0.4, -0.2) is 29.2 Å². The first-order chi connectivity index (χ1) is 8.76. The van der Waals surface area contributed by atoms with Gasteiger partial charge in [0.15, 0.2) is 0 Å². The predicted molar refractivity (Wildman–Crippen MR) is 79.0 cm³/mol. The van der Waals surface area contributed by atoms with E-state index >= 15 is 0 Å². The summed E-state index contributed by atoms with van der Waals surface area (Å²) in [6.45, 7) is 1.99. The summed E-state index contributed by atoms with van der Waals surface area (Å²) in [6, 6.07) is 0. The molecule has 0 aromatic rings. The highest BCUT2D eigenvalue weighted by Crippen LogP contribution is 2.39. The Bertz CT molecular complexity index is 274. The SMILES string of the molecule is O=C1CCCCCCN1CC1(CBr)CCCCC1. The second-order valence-electron chi connectivity index (χ2n) is 6.17. The van der Waals surface area contributed by atoms with Crippen LogP contribution in [0.3, 0.4) is 0 Å². The number of likely N-dealkylation sites (tertiary alicyclic amines) is 1. The van der Waals surface area contributed by atoms with Crippen LogP contribution in [0.4, 0.5) is 0 Å². The van der Waals surface area contributed by atoms with Crippen molar-refractivity contribution in [3.63, 3.8) is 0 Å². The second-order valence-corrected chi connectivity index (χ2v) is 6.73. The van der Waals surface area contributed by atoms with Crippen molar-refractivity contribution >= 4 is 21.8 Å². The summed E-state index contributed by atoms with van der Waals surface area (Å²) in [5, 5.41) is 1.06. The van der Waals surface area contributed by atoms with Crippen LogP contribution in [0.2, 0.25) is 0 Å². The molecule has 2 aliphatic rings. The standard InChI is InChI=1S/C15H26BrNO/c16-12-15(9-5-3-6-10-15)13-17-11-7-2-1-4-8-14(17)18/h1-13H2. The van der Waals surface area contributed by atoms with Gasteiger partial charge in [-0.05, 0) is 31.1 Å². The number of hydrogen-bond donors (Lipinski definition) is 0. The fourth-order valence-electron chi connectivity index (χ4n) is 3.42. The Hall–Kier alpha value is -0.0500. The van der Waals surface area contributed by atoms with Crippen molar-refractivity contribution in [2.45, 2.75) is 64.2 Å². The van der Waals surface area contributed by atoms with E-state index in [9.17, 15) is 4.79 Å². The van der Waals surface area contributed by atoms with Crippen molar-refractivity contribution in [2.24, 2.45) is 5.41 Å². The highest BCUT2D eigenvalue weighted by atomic mass is 79.9. The number of alkyl halides is 1. The maximum atomic E-state index is 12.2. The lowest BCUT2D eigenvalue weighted by Gasteiger charge is -2.40. The van der Waals surface area contributed by atoms with Crippen LogP contribution in [0.25, 0.3) is 0 Å². The first-order valence-corrected chi connectivity index (χ1v) is 8.72. The summed E-state index contributed by atoms with van der Waals surface area (Å²) >= 11 is 3.71. The minimum atomic E-state index is 0.368. The van der Waals surface area contributed by atoms with Crippen LogP contribution in [-0.2, 0) is 4.79 Å². The van der Waals surface area contributed by atoms with Crippen molar-refractivity contribution < 1.29 is 4.79 Å². The van der Waals surface area contributed by atoms with E-state index in [0.717, 1.165) is 31.3 Å². The highest BCUT2D eigenvalue weighted by molar-refractivity contribution is 9.09. The summed E-state index contributed by atoms with van der Waals surface area (Å²) in [5.74, 6) is 0.403. The van der Waals surface area contributed by atoms with Gasteiger partial charge in [-0.1, -0.05) is 48.0 Å². The van der Waals surface area contributed by atoms with Gasteiger partial charge in [0.1, 0.15) is 0 Å². The zero-order valence-corrected chi connectivity index (χ0v) is 13.0. The number of halogens is 1. The van der Waals surface area contributed by atoms with Gasteiger partial charge in [-0.25, -0.2) is 0 Å². The molecule has 0 unspecified atom stereocenters. The Kier molecular flexibility index (Phi) is 5.53. The fourth-order valence-corrected chi connectivity index (χ4v) is 4.16. The summed E-state index contributed by atoms with van der Waals surface area (Å²) in [5.41, 5.74) is 0.368. The molecular weight excluding hydrogens is 290 g/mol. The van der Waals surface area contributed by atoms with E-state index < -0.39 is 0 Å². The maximum absolute atomic E-state index is 12.2. The maximum Gasteiger partial charge on any atom is 0.222 e. The lowest BCUT2D eigenvalue weighted by atomic mass is 9.75. The molecule has 2 rings (SSSR count). The third-order valence-electron chi connectivity index (χ3n) is 4.65. The predicted octanol–water partition coefficient (Wildman–Crippen LogP) is 4.12. The molecule has 104 valence electrons. The summed E-state index contributed by atoms with van der Waals surface area (Å²) in [4.78, 5) is 14.4. The van der Waals surface area contributed by atoms with Crippen LogP contribution < -0.4 is 0 Å². The lowest BCUT2D eigenvalue weighted by molar-refractivity contribution is -0.133. The normalized spacial score (nSPS) is 25.6. The molecule has 1 heterocycles. The molecule has 18 heavy (non-hydrogen) atoms. The number of rotatable bonds is 3. The molecule has 0 aromatic heterocycles. The molecule has 0 radical (unpaired) electrons. The highest BCUT2D eigenvalue weighted by Gasteiger charge is 2.34. The van der Waals surface area contributed by atoms with Crippen molar-refractivity contribution in [3.8, 4) is 0 Å². The summed E-state index contributed by atoms with van der Waals surface area (Å²) in [6.07, 6.45) is 12.3. The van der Waals surface area contributed by atoms with Crippen molar-refractivity contribution in [1.29, 1.82) is 0 Å². The number of nitrogens with zero attached hydrogens (tertiary/aromatic N) is 1. The molecule has 2 fully saturated rings. The zero-order chi connectivity index (χ0) is 12.8. The van der Waals surface area contributed by atoms with Crippen LogP contribution >= 0.6 is 15.9 Å². The topological polar surface area (TPSA) is 20.3 Å². The Morgan fingerprint density at radius 1 is 1.00 bits per heavy atom. The third kappa shape index (κ3) is 3.72. The van der Waals surface area contributed by atoms with Crippen LogP contribution in [0.1, 0.15) is 64.2 Å². The van der Waals surface area contributed by atoms with Gasteiger partial charge in [0.25, 0.3) is 0 Å². The molecule has 0 N–H and O–H groups in total. The molecule has 0 spiro atoms. The molecule has 1 amide bonds. The minimum Gasteiger partial charge on any atom is -0.342 e. The zero-order valence-electron chi connectivity index (χ0n) is 11.4. The van der Waals surface area contributed by atoms with Gasteiger partial charge >= 0.3 is 0 Å². The molecule has 1 aliphatic heterocycles. The number of carbonyl (C=O) groups excluding carboxylic acids is 1. The Morgan fingerprint density at radius 3 is 2.39 bits per heavy atom. The molecule has 2 nitrogen and oxygen atoms in total. The summed E-state index contributed by atoms with van der Waals surface area (Å²) < 4.78 is 0. The van der Waals surface area contributed by atoms with Gasteiger partial charge in [-0.3, -0.25) is 4.79 Å². The van der Waals surface area contributed by atoms with E-state index in [2.05, 4.69) is 20.8 Å². The quantitative estimate of drug-likeness (QED) is 0.717.